The summed E-state index contributed by atoms with van der Waals surface area (Å²) in [5, 5.41) is 7.38. The number of fused-ring (bicyclic) bond motifs is 2. The van der Waals surface area contributed by atoms with Gasteiger partial charge in [-0.3, -0.25) is 4.79 Å². The number of aromatic nitrogens is 3. The molecular formula is C18H13N3OS2. The van der Waals surface area contributed by atoms with Gasteiger partial charge in [-0.05, 0) is 30.0 Å². The third kappa shape index (κ3) is 2.14. The molecule has 0 saturated heterocycles. The van der Waals surface area contributed by atoms with Crippen molar-refractivity contribution >= 4 is 38.7 Å². The summed E-state index contributed by atoms with van der Waals surface area (Å²) in [7, 11) is 0. The Morgan fingerprint density at radius 1 is 1.12 bits per heavy atom. The second-order valence-corrected chi connectivity index (χ2v) is 7.91. The molecule has 1 unspecified atom stereocenters. The Morgan fingerprint density at radius 3 is 2.88 bits per heavy atom. The van der Waals surface area contributed by atoms with Crippen molar-refractivity contribution in [3.63, 3.8) is 0 Å². The van der Waals surface area contributed by atoms with Crippen LogP contribution in [0.3, 0.4) is 0 Å². The van der Waals surface area contributed by atoms with Gasteiger partial charge in [0, 0.05) is 17.2 Å². The van der Waals surface area contributed by atoms with Crippen molar-refractivity contribution in [1.82, 2.24) is 14.8 Å². The molecule has 3 heterocycles. The normalized spacial score (nSPS) is 17.3. The fraction of sp³-hybridized carbons (Fsp3) is 0.167. The molecule has 6 heteroatoms. The van der Waals surface area contributed by atoms with Gasteiger partial charge in [0.25, 0.3) is 0 Å². The molecular weight excluding hydrogens is 338 g/mol. The predicted molar refractivity (Wildman–Crippen MR) is 96.5 cm³/mol. The van der Waals surface area contributed by atoms with E-state index in [9.17, 15) is 4.79 Å². The summed E-state index contributed by atoms with van der Waals surface area (Å²) in [5.74, 6) is 0.428. The molecule has 0 fully saturated rings. The zero-order chi connectivity index (χ0) is 16.1. The molecule has 24 heavy (non-hydrogen) atoms. The minimum absolute atomic E-state index is 0.182. The monoisotopic (exact) mass is 351 g/mol. The maximum absolute atomic E-state index is 12.5. The van der Waals surface area contributed by atoms with Gasteiger partial charge in [-0.1, -0.05) is 29.5 Å². The Hall–Kier alpha value is -2.31. The van der Waals surface area contributed by atoms with Crippen LogP contribution in [0.4, 0.5) is 0 Å². The number of ketones is 1. The van der Waals surface area contributed by atoms with Crippen LogP contribution in [0.25, 0.3) is 15.3 Å². The molecule has 0 saturated carbocycles. The first-order chi connectivity index (χ1) is 11.8. The largest absolute Gasteiger partial charge is 0.294 e. The number of nitrogens with zero attached hydrogens (tertiary/aromatic N) is 3. The van der Waals surface area contributed by atoms with E-state index in [1.165, 1.54) is 4.88 Å². The molecule has 118 valence electrons. The molecule has 4 nitrogen and oxygen atoms in total. The number of thiophene rings is 1. The van der Waals surface area contributed by atoms with Crippen molar-refractivity contribution in [2.45, 2.75) is 18.8 Å². The van der Waals surface area contributed by atoms with E-state index in [4.69, 9.17) is 0 Å². The van der Waals surface area contributed by atoms with Gasteiger partial charge < -0.3 is 0 Å². The van der Waals surface area contributed by atoms with E-state index >= 15 is 0 Å². The molecule has 1 atom stereocenters. The molecule has 0 aliphatic heterocycles. The van der Waals surface area contributed by atoms with E-state index in [1.54, 1.807) is 28.9 Å². The molecule has 0 amide bonds. The molecule has 5 rings (SSSR count). The van der Waals surface area contributed by atoms with Crippen LogP contribution in [0, 0.1) is 0 Å². The summed E-state index contributed by atoms with van der Waals surface area (Å²) in [5.41, 5.74) is 2.71. The first-order valence-corrected chi connectivity index (χ1v) is 9.48. The molecule has 3 aromatic heterocycles. The number of hydrogen-bond acceptors (Lipinski definition) is 5. The summed E-state index contributed by atoms with van der Waals surface area (Å²) in [6.07, 6.45) is 3.10. The summed E-state index contributed by atoms with van der Waals surface area (Å²) >= 11 is 3.33. The molecule has 1 aliphatic rings. The fourth-order valence-electron chi connectivity index (χ4n) is 3.28. The van der Waals surface area contributed by atoms with Gasteiger partial charge in [-0.15, -0.1) is 11.3 Å². The van der Waals surface area contributed by atoms with Crippen LogP contribution in [0.5, 0.6) is 0 Å². The van der Waals surface area contributed by atoms with Crippen LogP contribution < -0.4 is 0 Å². The van der Waals surface area contributed by atoms with Gasteiger partial charge in [0.05, 0.1) is 27.7 Å². The molecule has 0 radical (unpaired) electrons. The lowest BCUT2D eigenvalue weighted by molar-refractivity contribution is 0.0964. The summed E-state index contributed by atoms with van der Waals surface area (Å²) in [6, 6.07) is 12.2. The lowest BCUT2D eigenvalue weighted by Gasteiger charge is -2.20. The number of para-hydroxylation sites is 1. The number of hydrogen-bond donors (Lipinski definition) is 0. The quantitative estimate of drug-likeness (QED) is 0.536. The second kappa shape index (κ2) is 5.36. The highest BCUT2D eigenvalue weighted by molar-refractivity contribution is 7.20. The van der Waals surface area contributed by atoms with Crippen molar-refractivity contribution < 1.29 is 4.79 Å². The summed E-state index contributed by atoms with van der Waals surface area (Å²) < 4.78 is 2.99. The average Bonchev–Trinajstić information content (AvgIpc) is 3.32. The minimum atomic E-state index is 0.182. The highest BCUT2D eigenvalue weighted by Crippen LogP contribution is 2.36. The SMILES string of the molecule is O=C1CC(c2cccs2)Cc2c1cnn2-c1nc2ccccc2s1. The van der Waals surface area contributed by atoms with Gasteiger partial charge >= 0.3 is 0 Å². The fourth-order valence-corrected chi connectivity index (χ4v) is 5.06. The molecule has 0 N–H and O–H groups in total. The Labute approximate surface area is 146 Å². The Bertz CT molecular complexity index is 1010. The first kappa shape index (κ1) is 14.1. The Kier molecular flexibility index (Phi) is 3.14. The summed E-state index contributed by atoms with van der Waals surface area (Å²) in [4.78, 5) is 18.5. The van der Waals surface area contributed by atoms with Crippen molar-refractivity contribution in [3.05, 3.63) is 64.1 Å². The van der Waals surface area contributed by atoms with Gasteiger partial charge in [0.15, 0.2) is 5.78 Å². The third-order valence-corrected chi connectivity index (χ3v) is 6.50. The van der Waals surface area contributed by atoms with Crippen LogP contribution in [-0.4, -0.2) is 20.5 Å². The molecule has 4 aromatic rings. The van der Waals surface area contributed by atoms with Gasteiger partial charge in [0.2, 0.25) is 5.13 Å². The predicted octanol–water partition coefficient (Wildman–Crippen LogP) is 4.46. The highest BCUT2D eigenvalue weighted by Gasteiger charge is 2.31. The number of Topliss-reactive ketones (excluding diaryl/α,β-unsaturated/α-hetero) is 1. The van der Waals surface area contributed by atoms with Crippen molar-refractivity contribution in [1.29, 1.82) is 0 Å². The number of carbonyl (C=O) groups is 1. The van der Waals surface area contributed by atoms with E-state index in [2.05, 4.69) is 27.6 Å². The van der Waals surface area contributed by atoms with Crippen LogP contribution in [-0.2, 0) is 6.42 Å². The zero-order valence-corrected chi connectivity index (χ0v) is 14.3. The maximum Gasteiger partial charge on any atom is 0.211 e. The third-order valence-electron chi connectivity index (χ3n) is 4.45. The average molecular weight is 351 g/mol. The van der Waals surface area contributed by atoms with E-state index in [1.807, 2.05) is 28.9 Å². The number of benzene rings is 1. The molecule has 1 aromatic carbocycles. The number of rotatable bonds is 2. The topological polar surface area (TPSA) is 47.8 Å². The van der Waals surface area contributed by atoms with Gasteiger partial charge in [-0.25, -0.2) is 9.67 Å². The van der Waals surface area contributed by atoms with E-state index < -0.39 is 0 Å². The zero-order valence-electron chi connectivity index (χ0n) is 12.7. The van der Waals surface area contributed by atoms with E-state index in [-0.39, 0.29) is 11.7 Å². The van der Waals surface area contributed by atoms with E-state index in [0.29, 0.717) is 6.42 Å². The van der Waals surface area contributed by atoms with Crippen LogP contribution >= 0.6 is 22.7 Å². The van der Waals surface area contributed by atoms with Crippen molar-refractivity contribution in [2.75, 3.05) is 0 Å². The molecule has 0 spiro atoms. The molecule has 0 bridgehead atoms. The lowest BCUT2D eigenvalue weighted by Crippen LogP contribution is -2.19. The van der Waals surface area contributed by atoms with Crippen molar-refractivity contribution in [2.24, 2.45) is 0 Å². The molecule has 1 aliphatic carbocycles. The maximum atomic E-state index is 12.5. The summed E-state index contributed by atoms with van der Waals surface area (Å²) in [6.45, 7) is 0. The minimum Gasteiger partial charge on any atom is -0.294 e. The Morgan fingerprint density at radius 2 is 2.04 bits per heavy atom. The van der Waals surface area contributed by atoms with Crippen molar-refractivity contribution in [3.8, 4) is 5.13 Å². The van der Waals surface area contributed by atoms with E-state index in [0.717, 1.165) is 33.0 Å². The van der Waals surface area contributed by atoms with Crippen LogP contribution in [0.15, 0.2) is 48.0 Å². The number of carbonyl (C=O) groups excluding carboxylic acids is 1. The van der Waals surface area contributed by atoms with Crippen LogP contribution in [0.2, 0.25) is 0 Å². The Balaban J connectivity index is 1.61. The lowest BCUT2D eigenvalue weighted by atomic mass is 9.86. The number of thiazole rings is 1. The van der Waals surface area contributed by atoms with Crippen LogP contribution in [0.1, 0.15) is 33.3 Å². The highest BCUT2D eigenvalue weighted by atomic mass is 32.1. The first-order valence-electron chi connectivity index (χ1n) is 7.79. The van der Waals surface area contributed by atoms with Gasteiger partial charge in [0.1, 0.15) is 0 Å². The standard InChI is InChI=1S/C18H13N3OS2/c22-15-9-11(16-6-3-7-23-16)8-14-12(15)10-19-21(14)18-20-13-4-1-2-5-17(13)24-18/h1-7,10-11H,8-9H2. The smallest absolute Gasteiger partial charge is 0.211 e. The second-order valence-electron chi connectivity index (χ2n) is 5.92. The van der Waals surface area contributed by atoms with Gasteiger partial charge in [-0.2, -0.15) is 5.10 Å².